The average molecular weight is 338 g/mol. The lowest BCUT2D eigenvalue weighted by molar-refractivity contribution is 0.787. The van der Waals surface area contributed by atoms with Crippen LogP contribution < -0.4 is 0 Å². The molecule has 108 valence electrons. The Balaban J connectivity index is 1.87. The minimum Gasteiger partial charge on any atom is -0.331 e. The molecule has 0 aliphatic rings. The lowest BCUT2D eigenvalue weighted by Crippen LogP contribution is -1.91. The summed E-state index contributed by atoms with van der Waals surface area (Å²) in [7, 11) is 0. The molecule has 0 atom stereocenters. The fourth-order valence-electron chi connectivity index (χ4n) is 2.11. The number of thioether (sulfide) groups is 1. The number of imidazole rings is 1. The normalized spacial score (nSPS) is 11.2. The van der Waals surface area contributed by atoms with Crippen LogP contribution in [-0.4, -0.2) is 14.5 Å². The van der Waals surface area contributed by atoms with Gasteiger partial charge in [0.2, 0.25) is 0 Å². The zero-order chi connectivity index (χ0) is 14.8. The molecule has 0 radical (unpaired) electrons. The summed E-state index contributed by atoms with van der Waals surface area (Å²) in [6.45, 7) is 3.00. The first kappa shape index (κ1) is 14.7. The smallest absolute Gasteiger partial charge is 0.124 e. The quantitative estimate of drug-likeness (QED) is 0.624. The molecule has 0 spiro atoms. The maximum absolute atomic E-state index is 6.20. The van der Waals surface area contributed by atoms with E-state index in [1.807, 2.05) is 30.7 Å². The van der Waals surface area contributed by atoms with Crippen LogP contribution in [0, 0.1) is 0 Å². The summed E-state index contributed by atoms with van der Waals surface area (Å²) in [4.78, 5) is 8.90. The van der Waals surface area contributed by atoms with Crippen LogP contribution in [-0.2, 0) is 12.3 Å². The molecule has 0 aliphatic heterocycles. The molecule has 0 N–H and O–H groups in total. The lowest BCUT2D eigenvalue weighted by Gasteiger charge is -2.05. The van der Waals surface area contributed by atoms with Crippen LogP contribution in [0.4, 0.5) is 0 Å². The minimum absolute atomic E-state index is 0.649. The SMILES string of the molecule is CCn1cnc2c(SCc3ccc(Cl)cc3Cl)nccc21. The van der Waals surface area contributed by atoms with Gasteiger partial charge in [0.25, 0.3) is 0 Å². The van der Waals surface area contributed by atoms with Crippen molar-refractivity contribution in [3.8, 4) is 0 Å². The van der Waals surface area contributed by atoms with Gasteiger partial charge in [-0.3, -0.25) is 0 Å². The van der Waals surface area contributed by atoms with Crippen molar-refractivity contribution in [1.82, 2.24) is 14.5 Å². The number of benzene rings is 1. The summed E-state index contributed by atoms with van der Waals surface area (Å²) in [5.41, 5.74) is 3.09. The number of halogens is 2. The molecule has 2 heterocycles. The highest BCUT2D eigenvalue weighted by Crippen LogP contribution is 2.30. The number of hydrogen-bond acceptors (Lipinski definition) is 3. The molecule has 21 heavy (non-hydrogen) atoms. The van der Waals surface area contributed by atoms with Crippen LogP contribution in [0.2, 0.25) is 10.0 Å². The van der Waals surface area contributed by atoms with E-state index in [4.69, 9.17) is 23.2 Å². The number of hydrogen-bond donors (Lipinski definition) is 0. The van der Waals surface area contributed by atoms with E-state index in [1.165, 1.54) is 0 Å². The summed E-state index contributed by atoms with van der Waals surface area (Å²) in [6.07, 6.45) is 3.67. The molecule has 0 unspecified atom stereocenters. The lowest BCUT2D eigenvalue weighted by atomic mass is 10.2. The van der Waals surface area contributed by atoms with Gasteiger partial charge >= 0.3 is 0 Å². The van der Waals surface area contributed by atoms with Crippen LogP contribution >= 0.6 is 35.0 Å². The Morgan fingerprint density at radius 3 is 2.81 bits per heavy atom. The highest BCUT2D eigenvalue weighted by Gasteiger charge is 2.09. The Morgan fingerprint density at radius 2 is 2.05 bits per heavy atom. The van der Waals surface area contributed by atoms with E-state index in [1.54, 1.807) is 17.8 Å². The first-order valence-electron chi connectivity index (χ1n) is 6.55. The summed E-state index contributed by atoms with van der Waals surface area (Å²) in [5, 5.41) is 2.25. The standard InChI is InChI=1S/C15H13Cl2N3S/c1-2-20-9-19-14-13(20)5-6-18-15(14)21-8-10-3-4-11(16)7-12(10)17/h3-7,9H,2,8H2,1H3. The van der Waals surface area contributed by atoms with Gasteiger partial charge in [0.05, 0.1) is 11.8 Å². The predicted octanol–water partition coefficient (Wildman–Crippen LogP) is 5.05. The number of aromatic nitrogens is 3. The second-order valence-electron chi connectivity index (χ2n) is 4.54. The molecule has 0 aliphatic carbocycles. The molecule has 0 bridgehead atoms. The zero-order valence-corrected chi connectivity index (χ0v) is 13.7. The Labute approximate surface area is 137 Å². The number of aryl methyl sites for hydroxylation is 1. The van der Waals surface area contributed by atoms with Gasteiger partial charge in [-0.1, -0.05) is 41.0 Å². The molecular formula is C15H13Cl2N3S. The summed E-state index contributed by atoms with van der Waals surface area (Å²) in [6, 6.07) is 7.55. The number of pyridine rings is 1. The van der Waals surface area contributed by atoms with Gasteiger partial charge in [-0.2, -0.15) is 0 Å². The molecule has 2 aromatic heterocycles. The Kier molecular flexibility index (Phi) is 4.38. The summed E-state index contributed by atoms with van der Waals surface area (Å²) < 4.78 is 2.11. The molecular weight excluding hydrogens is 325 g/mol. The number of nitrogens with zero attached hydrogens (tertiary/aromatic N) is 3. The average Bonchev–Trinajstić information content (AvgIpc) is 2.90. The van der Waals surface area contributed by atoms with Crippen molar-refractivity contribution in [3.63, 3.8) is 0 Å². The summed E-state index contributed by atoms with van der Waals surface area (Å²) in [5.74, 6) is 0.737. The van der Waals surface area contributed by atoms with Crippen molar-refractivity contribution in [2.45, 2.75) is 24.2 Å². The molecule has 1 aromatic carbocycles. The maximum atomic E-state index is 6.20. The van der Waals surface area contributed by atoms with E-state index in [2.05, 4.69) is 21.5 Å². The molecule has 0 saturated carbocycles. The minimum atomic E-state index is 0.649. The van der Waals surface area contributed by atoms with E-state index in [0.29, 0.717) is 10.0 Å². The van der Waals surface area contributed by atoms with Gasteiger partial charge in [-0.15, -0.1) is 0 Å². The van der Waals surface area contributed by atoms with Crippen LogP contribution in [0.25, 0.3) is 11.0 Å². The largest absolute Gasteiger partial charge is 0.331 e. The van der Waals surface area contributed by atoms with Gasteiger partial charge in [-0.25, -0.2) is 9.97 Å². The Morgan fingerprint density at radius 1 is 1.19 bits per heavy atom. The Hall–Kier alpha value is -1.23. The highest BCUT2D eigenvalue weighted by molar-refractivity contribution is 7.98. The van der Waals surface area contributed by atoms with E-state index < -0.39 is 0 Å². The Bertz CT molecular complexity index is 786. The topological polar surface area (TPSA) is 30.7 Å². The van der Waals surface area contributed by atoms with Crippen molar-refractivity contribution < 1.29 is 0 Å². The monoisotopic (exact) mass is 337 g/mol. The third-order valence-corrected chi connectivity index (χ3v) is 4.84. The molecule has 0 amide bonds. The predicted molar refractivity (Wildman–Crippen MR) is 89.2 cm³/mol. The van der Waals surface area contributed by atoms with Gasteiger partial charge in [0.1, 0.15) is 10.5 Å². The van der Waals surface area contributed by atoms with Crippen molar-refractivity contribution in [2.75, 3.05) is 0 Å². The van der Waals surface area contributed by atoms with Gasteiger partial charge in [0.15, 0.2) is 0 Å². The van der Waals surface area contributed by atoms with Crippen LogP contribution in [0.3, 0.4) is 0 Å². The molecule has 6 heteroatoms. The second kappa shape index (κ2) is 6.26. The molecule has 0 saturated heterocycles. The first-order chi connectivity index (χ1) is 10.2. The van der Waals surface area contributed by atoms with Crippen LogP contribution in [0.5, 0.6) is 0 Å². The van der Waals surface area contributed by atoms with Crippen LogP contribution in [0.15, 0.2) is 41.8 Å². The van der Waals surface area contributed by atoms with E-state index >= 15 is 0 Å². The highest BCUT2D eigenvalue weighted by atomic mass is 35.5. The summed E-state index contributed by atoms with van der Waals surface area (Å²) >= 11 is 13.7. The third-order valence-electron chi connectivity index (χ3n) is 3.23. The van der Waals surface area contributed by atoms with Gasteiger partial charge < -0.3 is 4.57 Å². The molecule has 3 nitrogen and oxygen atoms in total. The van der Waals surface area contributed by atoms with Gasteiger partial charge in [-0.05, 0) is 30.7 Å². The van der Waals surface area contributed by atoms with Crippen molar-refractivity contribution in [1.29, 1.82) is 0 Å². The first-order valence-corrected chi connectivity index (χ1v) is 8.29. The second-order valence-corrected chi connectivity index (χ2v) is 6.35. The van der Waals surface area contributed by atoms with Crippen molar-refractivity contribution in [3.05, 3.63) is 52.4 Å². The zero-order valence-electron chi connectivity index (χ0n) is 11.4. The third kappa shape index (κ3) is 3.03. The molecule has 3 aromatic rings. The number of rotatable bonds is 4. The van der Waals surface area contributed by atoms with E-state index in [-0.39, 0.29) is 0 Å². The fourth-order valence-corrected chi connectivity index (χ4v) is 3.64. The number of fused-ring (bicyclic) bond motifs is 1. The van der Waals surface area contributed by atoms with Gasteiger partial charge in [0, 0.05) is 28.5 Å². The fraction of sp³-hybridized carbons (Fsp3) is 0.200. The molecule has 3 rings (SSSR count). The maximum Gasteiger partial charge on any atom is 0.124 e. The van der Waals surface area contributed by atoms with Crippen molar-refractivity contribution in [2.24, 2.45) is 0 Å². The van der Waals surface area contributed by atoms with Crippen LogP contribution in [0.1, 0.15) is 12.5 Å². The molecule has 0 fully saturated rings. The van der Waals surface area contributed by atoms with E-state index in [9.17, 15) is 0 Å². The van der Waals surface area contributed by atoms with Crippen molar-refractivity contribution >= 4 is 46.0 Å². The van der Waals surface area contributed by atoms with E-state index in [0.717, 1.165) is 33.9 Å².